The molecule has 1 aliphatic rings. The minimum atomic E-state index is 0.212. The van der Waals surface area contributed by atoms with Crippen LogP contribution in [0.3, 0.4) is 0 Å². The van der Waals surface area contributed by atoms with Gasteiger partial charge in [-0.3, -0.25) is 9.78 Å². The van der Waals surface area contributed by atoms with Crippen molar-refractivity contribution in [1.29, 1.82) is 0 Å². The number of rotatable bonds is 4. The smallest absolute Gasteiger partial charge is 0.222 e. The van der Waals surface area contributed by atoms with Crippen LogP contribution >= 0.6 is 0 Å². The topological polar surface area (TPSA) is 33.2 Å². The van der Waals surface area contributed by atoms with Crippen LogP contribution < -0.4 is 0 Å². The molecule has 3 heteroatoms. The van der Waals surface area contributed by atoms with Crippen LogP contribution in [0.25, 0.3) is 0 Å². The van der Waals surface area contributed by atoms with E-state index in [2.05, 4.69) is 23.7 Å². The maximum atomic E-state index is 11.5. The normalized spacial score (nSPS) is 19.7. The van der Waals surface area contributed by atoms with Gasteiger partial charge in [-0.2, -0.15) is 0 Å². The van der Waals surface area contributed by atoms with E-state index in [0.29, 0.717) is 6.42 Å². The van der Waals surface area contributed by atoms with Gasteiger partial charge in [-0.15, -0.1) is 6.58 Å². The zero-order valence-corrected chi connectivity index (χ0v) is 10.2. The largest absolute Gasteiger partial charge is 0.339 e. The van der Waals surface area contributed by atoms with Gasteiger partial charge in [0.15, 0.2) is 0 Å². The third-order valence-corrected chi connectivity index (χ3v) is 3.33. The lowest BCUT2D eigenvalue weighted by Gasteiger charge is -2.19. The monoisotopic (exact) mass is 230 g/mol. The molecule has 0 saturated carbocycles. The van der Waals surface area contributed by atoms with Crippen molar-refractivity contribution in [2.75, 3.05) is 7.05 Å². The molecule has 1 fully saturated rings. The van der Waals surface area contributed by atoms with Gasteiger partial charge in [-0.25, -0.2) is 0 Å². The van der Waals surface area contributed by atoms with Gasteiger partial charge >= 0.3 is 0 Å². The van der Waals surface area contributed by atoms with Crippen LogP contribution in [0.15, 0.2) is 31.0 Å². The van der Waals surface area contributed by atoms with Crippen LogP contribution in [0.1, 0.15) is 36.6 Å². The number of allylic oxidation sites excluding steroid dienone is 1. The number of carbonyl (C=O) groups excluding carboxylic acids is 1. The number of hydrogen-bond donors (Lipinski definition) is 0. The summed E-state index contributed by atoms with van der Waals surface area (Å²) in [7, 11) is 1.87. The molecule has 2 rings (SSSR count). The lowest BCUT2D eigenvalue weighted by atomic mass is 10.1. The lowest BCUT2D eigenvalue weighted by molar-refractivity contribution is -0.127. The molecule has 0 aliphatic carbocycles. The fourth-order valence-electron chi connectivity index (χ4n) is 2.23. The van der Waals surface area contributed by atoms with Crippen molar-refractivity contribution in [3.8, 4) is 0 Å². The molecule has 1 atom stereocenters. The highest BCUT2D eigenvalue weighted by Gasteiger charge is 2.28. The zero-order chi connectivity index (χ0) is 12.3. The molecule has 0 bridgehead atoms. The first-order valence-corrected chi connectivity index (χ1v) is 6.03. The molecule has 0 radical (unpaired) electrons. The third kappa shape index (κ3) is 2.54. The summed E-state index contributed by atoms with van der Waals surface area (Å²) in [6.07, 6.45) is 7.25. The molecule has 3 nitrogen and oxygen atoms in total. The van der Waals surface area contributed by atoms with Gasteiger partial charge < -0.3 is 4.90 Å². The number of aromatic nitrogens is 1. The average molecular weight is 230 g/mol. The van der Waals surface area contributed by atoms with Crippen molar-refractivity contribution in [1.82, 2.24) is 9.88 Å². The Kier molecular flexibility index (Phi) is 3.57. The fraction of sp³-hybridized carbons (Fsp3) is 0.429. The van der Waals surface area contributed by atoms with Gasteiger partial charge in [0.1, 0.15) is 0 Å². The highest BCUT2D eigenvalue weighted by atomic mass is 16.2. The van der Waals surface area contributed by atoms with Crippen LogP contribution in [-0.4, -0.2) is 22.8 Å². The van der Waals surface area contributed by atoms with Crippen LogP contribution in [0.5, 0.6) is 0 Å². The zero-order valence-electron chi connectivity index (χ0n) is 10.2. The van der Waals surface area contributed by atoms with Crippen molar-refractivity contribution in [2.24, 2.45) is 0 Å². The first-order valence-electron chi connectivity index (χ1n) is 6.03. The van der Waals surface area contributed by atoms with E-state index < -0.39 is 0 Å². The third-order valence-electron chi connectivity index (χ3n) is 3.33. The summed E-state index contributed by atoms with van der Waals surface area (Å²) in [5.74, 6) is 0.228. The summed E-state index contributed by atoms with van der Waals surface area (Å²) in [5.41, 5.74) is 2.22. The van der Waals surface area contributed by atoms with Gasteiger partial charge in [-0.1, -0.05) is 12.1 Å². The Morgan fingerprint density at radius 3 is 2.94 bits per heavy atom. The molecule has 0 N–H and O–H groups in total. The molecule has 2 heterocycles. The van der Waals surface area contributed by atoms with E-state index in [4.69, 9.17) is 0 Å². The molecule has 0 spiro atoms. The van der Waals surface area contributed by atoms with Crippen molar-refractivity contribution < 1.29 is 4.79 Å². The van der Waals surface area contributed by atoms with E-state index in [0.717, 1.165) is 30.5 Å². The Balaban J connectivity index is 2.07. The second kappa shape index (κ2) is 5.13. The predicted octanol–water partition coefficient (Wildman–Crippen LogP) is 2.49. The molecular weight excluding hydrogens is 212 g/mol. The van der Waals surface area contributed by atoms with E-state index in [-0.39, 0.29) is 11.9 Å². The Hall–Kier alpha value is -1.64. The lowest BCUT2D eigenvalue weighted by Crippen LogP contribution is -2.22. The van der Waals surface area contributed by atoms with Gasteiger partial charge in [-0.05, 0) is 30.9 Å². The van der Waals surface area contributed by atoms with Crippen LogP contribution in [0, 0.1) is 0 Å². The van der Waals surface area contributed by atoms with Crippen molar-refractivity contribution in [3.63, 3.8) is 0 Å². The minimum absolute atomic E-state index is 0.212. The predicted molar refractivity (Wildman–Crippen MR) is 67.5 cm³/mol. The quantitative estimate of drug-likeness (QED) is 0.744. The molecule has 1 saturated heterocycles. The van der Waals surface area contributed by atoms with Crippen LogP contribution in [0.4, 0.5) is 0 Å². The van der Waals surface area contributed by atoms with E-state index in [1.807, 2.05) is 24.2 Å². The summed E-state index contributed by atoms with van der Waals surface area (Å²) in [6.45, 7) is 3.70. The maximum absolute atomic E-state index is 11.5. The molecule has 1 aliphatic heterocycles. The maximum Gasteiger partial charge on any atom is 0.222 e. The van der Waals surface area contributed by atoms with Gasteiger partial charge in [0, 0.05) is 25.4 Å². The Morgan fingerprint density at radius 1 is 1.59 bits per heavy atom. The number of aryl methyl sites for hydroxylation is 1. The highest BCUT2D eigenvalue weighted by Crippen LogP contribution is 2.30. The van der Waals surface area contributed by atoms with E-state index in [1.165, 1.54) is 0 Å². The molecular formula is C14H18N2O. The van der Waals surface area contributed by atoms with Crippen molar-refractivity contribution in [3.05, 3.63) is 42.2 Å². The Morgan fingerprint density at radius 2 is 2.41 bits per heavy atom. The summed E-state index contributed by atoms with van der Waals surface area (Å²) in [6, 6.07) is 4.35. The van der Waals surface area contributed by atoms with Crippen LogP contribution in [0.2, 0.25) is 0 Å². The standard InChI is InChI=1S/C14H18N2O/c1-3-4-5-12-7-6-11(10-15-12)13-8-9-14(17)16(13)2/h3,6-7,10,13H,1,4-5,8-9H2,2H3. The first kappa shape index (κ1) is 11.8. The molecule has 17 heavy (non-hydrogen) atoms. The van der Waals surface area contributed by atoms with Crippen LogP contribution in [-0.2, 0) is 11.2 Å². The second-order valence-corrected chi connectivity index (χ2v) is 4.47. The van der Waals surface area contributed by atoms with E-state index in [1.54, 1.807) is 0 Å². The second-order valence-electron chi connectivity index (χ2n) is 4.47. The average Bonchev–Trinajstić information content (AvgIpc) is 2.68. The molecule has 0 aromatic carbocycles. The first-order chi connectivity index (χ1) is 8.22. The highest BCUT2D eigenvalue weighted by molar-refractivity contribution is 5.78. The molecule has 1 aromatic heterocycles. The molecule has 1 amide bonds. The minimum Gasteiger partial charge on any atom is -0.339 e. The Labute approximate surface area is 102 Å². The summed E-state index contributed by atoms with van der Waals surface area (Å²) >= 11 is 0. The van der Waals surface area contributed by atoms with Gasteiger partial charge in [0.25, 0.3) is 0 Å². The number of hydrogen-bond acceptors (Lipinski definition) is 2. The molecule has 1 aromatic rings. The van der Waals surface area contributed by atoms with Crippen molar-refractivity contribution >= 4 is 5.91 Å². The molecule has 1 unspecified atom stereocenters. The number of nitrogens with zero attached hydrogens (tertiary/aromatic N) is 2. The number of pyridine rings is 1. The number of likely N-dealkylation sites (tertiary alicyclic amines) is 1. The number of amides is 1. The van der Waals surface area contributed by atoms with Gasteiger partial charge in [0.2, 0.25) is 5.91 Å². The van der Waals surface area contributed by atoms with E-state index >= 15 is 0 Å². The molecule has 90 valence electrons. The Bertz CT molecular complexity index is 411. The summed E-state index contributed by atoms with van der Waals surface area (Å²) < 4.78 is 0. The van der Waals surface area contributed by atoms with Crippen molar-refractivity contribution in [2.45, 2.75) is 31.7 Å². The fourth-order valence-corrected chi connectivity index (χ4v) is 2.23. The summed E-state index contributed by atoms with van der Waals surface area (Å²) in [5, 5.41) is 0. The SMILES string of the molecule is C=CCCc1ccc(C2CCC(=O)N2C)cn1. The summed E-state index contributed by atoms with van der Waals surface area (Å²) in [4.78, 5) is 17.7. The van der Waals surface area contributed by atoms with E-state index in [9.17, 15) is 4.79 Å². The number of carbonyl (C=O) groups is 1. The van der Waals surface area contributed by atoms with Gasteiger partial charge in [0.05, 0.1) is 6.04 Å².